The lowest BCUT2D eigenvalue weighted by molar-refractivity contribution is -0.160. The van der Waals surface area contributed by atoms with Crippen molar-refractivity contribution in [3.8, 4) is 5.75 Å². The SMILES string of the molecule is CCOc1ccc2c(c1)CN(C(=O)[C@@]1(O)CCCN(C(C)=O)C1)CC2. The van der Waals surface area contributed by atoms with E-state index in [1.807, 2.05) is 19.1 Å². The number of piperidine rings is 1. The summed E-state index contributed by atoms with van der Waals surface area (Å²) < 4.78 is 5.55. The average molecular weight is 346 g/mol. The molecule has 0 unspecified atom stereocenters. The minimum absolute atomic E-state index is 0.0868. The molecule has 6 heteroatoms. The van der Waals surface area contributed by atoms with E-state index in [-0.39, 0.29) is 18.4 Å². The number of fused-ring (bicyclic) bond motifs is 1. The third-order valence-electron chi connectivity index (χ3n) is 5.10. The van der Waals surface area contributed by atoms with Crippen LogP contribution in [0.3, 0.4) is 0 Å². The summed E-state index contributed by atoms with van der Waals surface area (Å²) >= 11 is 0. The van der Waals surface area contributed by atoms with Crippen molar-refractivity contribution >= 4 is 11.8 Å². The zero-order valence-corrected chi connectivity index (χ0v) is 15.0. The average Bonchev–Trinajstić information content (AvgIpc) is 2.60. The summed E-state index contributed by atoms with van der Waals surface area (Å²) in [6, 6.07) is 5.99. The van der Waals surface area contributed by atoms with Crippen LogP contribution >= 0.6 is 0 Å². The highest BCUT2D eigenvalue weighted by Crippen LogP contribution is 2.28. The van der Waals surface area contributed by atoms with Gasteiger partial charge in [0.25, 0.3) is 5.91 Å². The molecule has 0 bridgehead atoms. The third-order valence-corrected chi connectivity index (χ3v) is 5.10. The van der Waals surface area contributed by atoms with Gasteiger partial charge in [0.05, 0.1) is 13.2 Å². The van der Waals surface area contributed by atoms with Crippen molar-refractivity contribution in [2.45, 2.75) is 45.3 Å². The molecular weight excluding hydrogens is 320 g/mol. The molecule has 1 aromatic carbocycles. The van der Waals surface area contributed by atoms with Crippen LogP contribution in [0.25, 0.3) is 0 Å². The van der Waals surface area contributed by atoms with E-state index in [1.165, 1.54) is 12.5 Å². The van der Waals surface area contributed by atoms with Gasteiger partial charge in [-0.1, -0.05) is 6.07 Å². The zero-order chi connectivity index (χ0) is 18.0. The van der Waals surface area contributed by atoms with Gasteiger partial charge in [-0.15, -0.1) is 0 Å². The largest absolute Gasteiger partial charge is 0.494 e. The van der Waals surface area contributed by atoms with E-state index in [0.29, 0.717) is 39.1 Å². The number of likely N-dealkylation sites (tertiary alicyclic amines) is 1. The number of benzene rings is 1. The van der Waals surface area contributed by atoms with Gasteiger partial charge in [0.15, 0.2) is 5.60 Å². The lowest BCUT2D eigenvalue weighted by Gasteiger charge is -2.41. The fraction of sp³-hybridized carbons (Fsp3) is 0.579. The Bertz CT molecular complexity index is 675. The molecule has 0 aromatic heterocycles. The maximum absolute atomic E-state index is 13.0. The molecule has 2 aliphatic rings. The third kappa shape index (κ3) is 3.63. The predicted octanol–water partition coefficient (Wildman–Crippen LogP) is 1.34. The molecule has 1 atom stereocenters. The first-order valence-electron chi connectivity index (χ1n) is 8.95. The smallest absolute Gasteiger partial charge is 0.256 e. The zero-order valence-electron chi connectivity index (χ0n) is 15.0. The van der Waals surface area contributed by atoms with Crippen LogP contribution in [0, 0.1) is 0 Å². The highest BCUT2D eigenvalue weighted by Gasteiger charge is 2.43. The van der Waals surface area contributed by atoms with Crippen molar-refractivity contribution < 1.29 is 19.4 Å². The van der Waals surface area contributed by atoms with E-state index in [2.05, 4.69) is 6.07 Å². The Hall–Kier alpha value is -2.08. The van der Waals surface area contributed by atoms with E-state index >= 15 is 0 Å². The number of nitrogens with zero attached hydrogens (tertiary/aromatic N) is 2. The van der Waals surface area contributed by atoms with Crippen LogP contribution in [0.2, 0.25) is 0 Å². The van der Waals surface area contributed by atoms with E-state index in [9.17, 15) is 14.7 Å². The van der Waals surface area contributed by atoms with Gasteiger partial charge < -0.3 is 19.6 Å². The Morgan fingerprint density at radius 3 is 2.76 bits per heavy atom. The van der Waals surface area contributed by atoms with Gasteiger partial charge in [0.2, 0.25) is 5.91 Å². The van der Waals surface area contributed by atoms with E-state index in [1.54, 1.807) is 9.80 Å². The second kappa shape index (κ2) is 7.04. The van der Waals surface area contributed by atoms with Crippen LogP contribution in [-0.4, -0.2) is 58.6 Å². The van der Waals surface area contributed by atoms with Gasteiger partial charge >= 0.3 is 0 Å². The van der Waals surface area contributed by atoms with Gasteiger partial charge in [-0.05, 0) is 49.4 Å². The molecule has 1 fully saturated rings. The maximum Gasteiger partial charge on any atom is 0.256 e. The molecular formula is C19H26N2O4. The summed E-state index contributed by atoms with van der Waals surface area (Å²) in [4.78, 5) is 27.9. The van der Waals surface area contributed by atoms with E-state index < -0.39 is 5.60 Å². The van der Waals surface area contributed by atoms with Gasteiger partial charge in [-0.25, -0.2) is 0 Å². The molecule has 6 nitrogen and oxygen atoms in total. The lowest BCUT2D eigenvalue weighted by atomic mass is 9.89. The van der Waals surface area contributed by atoms with Crippen molar-refractivity contribution in [2.75, 3.05) is 26.2 Å². The summed E-state index contributed by atoms with van der Waals surface area (Å²) in [5.74, 6) is 0.428. The van der Waals surface area contributed by atoms with Gasteiger partial charge in [0, 0.05) is 26.6 Å². The molecule has 2 amide bonds. The molecule has 0 radical (unpaired) electrons. The normalized spacial score (nSPS) is 23.2. The molecule has 1 N–H and O–H groups in total. The van der Waals surface area contributed by atoms with E-state index in [4.69, 9.17) is 4.74 Å². The molecule has 1 aromatic rings. The summed E-state index contributed by atoms with van der Waals surface area (Å²) in [6.45, 7) is 5.76. The topological polar surface area (TPSA) is 70.1 Å². The molecule has 2 aliphatic heterocycles. The summed E-state index contributed by atoms with van der Waals surface area (Å²) in [7, 11) is 0. The van der Waals surface area contributed by atoms with Crippen molar-refractivity contribution in [2.24, 2.45) is 0 Å². The minimum Gasteiger partial charge on any atom is -0.494 e. The summed E-state index contributed by atoms with van der Waals surface area (Å²) in [5.41, 5.74) is 0.806. The number of aliphatic hydroxyl groups is 1. The Labute approximate surface area is 148 Å². The first kappa shape index (κ1) is 17.7. The maximum atomic E-state index is 13.0. The highest BCUT2D eigenvalue weighted by atomic mass is 16.5. The second-order valence-electron chi connectivity index (χ2n) is 6.92. The number of hydrogen-bond acceptors (Lipinski definition) is 4. The van der Waals surface area contributed by atoms with Crippen LogP contribution in [0.15, 0.2) is 18.2 Å². The number of carbonyl (C=O) groups excluding carboxylic acids is 2. The predicted molar refractivity (Wildman–Crippen MR) is 93.2 cm³/mol. The first-order valence-corrected chi connectivity index (χ1v) is 8.95. The molecule has 1 saturated heterocycles. The van der Waals surface area contributed by atoms with Gasteiger partial charge in [-0.3, -0.25) is 9.59 Å². The fourth-order valence-electron chi connectivity index (χ4n) is 3.74. The minimum atomic E-state index is -1.47. The monoisotopic (exact) mass is 346 g/mol. The Kier molecular flexibility index (Phi) is 4.99. The summed E-state index contributed by atoms with van der Waals surface area (Å²) in [6.07, 6.45) is 1.80. The highest BCUT2D eigenvalue weighted by molar-refractivity contribution is 5.86. The Morgan fingerprint density at radius 2 is 2.04 bits per heavy atom. The van der Waals surface area contributed by atoms with Crippen molar-refractivity contribution in [1.82, 2.24) is 9.80 Å². The molecule has 25 heavy (non-hydrogen) atoms. The van der Waals surface area contributed by atoms with Crippen molar-refractivity contribution in [1.29, 1.82) is 0 Å². The quantitative estimate of drug-likeness (QED) is 0.897. The van der Waals surface area contributed by atoms with Crippen LogP contribution in [-0.2, 0) is 22.6 Å². The van der Waals surface area contributed by atoms with E-state index in [0.717, 1.165) is 17.7 Å². The number of amides is 2. The molecule has 2 heterocycles. The van der Waals surface area contributed by atoms with Crippen LogP contribution < -0.4 is 4.74 Å². The Balaban J connectivity index is 1.75. The fourth-order valence-corrected chi connectivity index (χ4v) is 3.74. The number of carbonyl (C=O) groups is 2. The van der Waals surface area contributed by atoms with Crippen molar-refractivity contribution in [3.05, 3.63) is 29.3 Å². The number of ether oxygens (including phenoxy) is 1. The molecule has 3 rings (SSSR count). The summed E-state index contributed by atoms with van der Waals surface area (Å²) in [5, 5.41) is 10.9. The van der Waals surface area contributed by atoms with Gasteiger partial charge in [0.1, 0.15) is 5.75 Å². The molecule has 0 spiro atoms. The molecule has 0 saturated carbocycles. The van der Waals surface area contributed by atoms with Crippen LogP contribution in [0.4, 0.5) is 0 Å². The number of rotatable bonds is 3. The number of β-amino-alcohol motifs (C(OH)–C–C–N with tert-alkyl or cyclic N) is 1. The van der Waals surface area contributed by atoms with Gasteiger partial charge in [-0.2, -0.15) is 0 Å². The first-order chi connectivity index (χ1) is 11.9. The van der Waals surface area contributed by atoms with Crippen molar-refractivity contribution in [3.63, 3.8) is 0 Å². The molecule has 136 valence electrons. The lowest BCUT2D eigenvalue weighted by Crippen LogP contribution is -2.59. The Morgan fingerprint density at radius 1 is 1.24 bits per heavy atom. The van der Waals surface area contributed by atoms with Crippen LogP contribution in [0.1, 0.15) is 37.8 Å². The molecule has 0 aliphatic carbocycles. The number of hydrogen-bond donors (Lipinski definition) is 1. The standard InChI is InChI=1S/C19H26N2O4/c1-3-25-17-6-5-15-7-10-20(12-16(15)11-17)18(23)19(24)8-4-9-21(13-19)14(2)22/h5-6,11,24H,3-4,7-10,12-13H2,1-2H3/t19-/m1/s1. The second-order valence-corrected chi connectivity index (χ2v) is 6.92. The van der Waals surface area contributed by atoms with Crippen LogP contribution in [0.5, 0.6) is 5.75 Å².